The summed E-state index contributed by atoms with van der Waals surface area (Å²) in [5.74, 6) is -2.01. The van der Waals surface area contributed by atoms with Crippen LogP contribution in [0.3, 0.4) is 0 Å². The zero-order chi connectivity index (χ0) is 14.1. The molecule has 0 saturated heterocycles. The van der Waals surface area contributed by atoms with Crippen molar-refractivity contribution in [1.29, 1.82) is 0 Å². The van der Waals surface area contributed by atoms with Crippen molar-refractivity contribution in [2.75, 3.05) is 0 Å². The molecule has 1 rings (SSSR count). The molecule has 0 unspecified atom stereocenters. The van der Waals surface area contributed by atoms with Crippen LogP contribution < -0.4 is 4.74 Å². The Bertz CT molecular complexity index is 446. The molecule has 0 radical (unpaired) electrons. The minimum absolute atomic E-state index is 0.411. The molecular formula is C8H3ClF6INO. The third-order valence-corrected chi connectivity index (χ3v) is 2.72. The number of pyridine rings is 1. The highest BCUT2D eigenvalue weighted by Gasteiger charge is 2.42. The minimum atomic E-state index is -5.23. The van der Waals surface area contributed by atoms with Crippen LogP contribution in [-0.4, -0.2) is 11.3 Å². The lowest BCUT2D eigenvalue weighted by Crippen LogP contribution is -2.22. The van der Waals surface area contributed by atoms with Crippen LogP contribution in [0.2, 0.25) is 0 Å². The van der Waals surface area contributed by atoms with Crippen molar-refractivity contribution in [3.63, 3.8) is 0 Å². The van der Waals surface area contributed by atoms with E-state index in [1.165, 1.54) is 22.6 Å². The lowest BCUT2D eigenvalue weighted by molar-refractivity contribution is -0.276. The summed E-state index contributed by atoms with van der Waals surface area (Å²) in [5, 5.41) is 0. The van der Waals surface area contributed by atoms with Gasteiger partial charge < -0.3 is 4.74 Å². The van der Waals surface area contributed by atoms with Gasteiger partial charge in [-0.3, -0.25) is 4.98 Å². The van der Waals surface area contributed by atoms with Gasteiger partial charge in [0.05, 0.1) is 15.1 Å². The van der Waals surface area contributed by atoms with Crippen molar-refractivity contribution in [3.8, 4) is 5.75 Å². The highest BCUT2D eigenvalue weighted by Crippen LogP contribution is 2.42. The minimum Gasteiger partial charge on any atom is -0.404 e. The first-order chi connectivity index (χ1) is 8.06. The van der Waals surface area contributed by atoms with Gasteiger partial charge in [-0.1, -0.05) is 0 Å². The molecule has 0 N–H and O–H groups in total. The number of aromatic nitrogens is 1. The molecule has 0 aliphatic rings. The molecule has 2 nitrogen and oxygen atoms in total. The fourth-order valence-corrected chi connectivity index (χ4v) is 1.84. The number of ether oxygens (including phenoxy) is 1. The maximum atomic E-state index is 12.7. The predicted octanol–water partition coefficient (Wildman–Crippen LogP) is 4.34. The first kappa shape index (κ1) is 15.6. The van der Waals surface area contributed by atoms with E-state index in [9.17, 15) is 26.3 Å². The number of alkyl halides is 7. The molecule has 0 fully saturated rings. The van der Waals surface area contributed by atoms with Crippen LogP contribution in [0.15, 0.2) is 6.20 Å². The molecule has 1 aromatic heterocycles. The Hall–Kier alpha value is -0.450. The fourth-order valence-electron chi connectivity index (χ4n) is 1.12. The molecule has 0 amide bonds. The van der Waals surface area contributed by atoms with Gasteiger partial charge >= 0.3 is 12.5 Å². The molecule has 1 heterocycles. The normalized spacial score (nSPS) is 12.7. The Morgan fingerprint density at radius 1 is 1.22 bits per heavy atom. The molecule has 102 valence electrons. The average molecular weight is 405 g/mol. The monoisotopic (exact) mass is 405 g/mol. The first-order valence-electron chi connectivity index (χ1n) is 4.12. The van der Waals surface area contributed by atoms with Crippen LogP contribution in [0.1, 0.15) is 11.3 Å². The SMILES string of the molecule is FC(F)(F)Oc1c(I)cnc(CCl)c1C(F)(F)F. The molecule has 0 bridgehead atoms. The summed E-state index contributed by atoms with van der Waals surface area (Å²) in [7, 11) is 0. The number of halogens is 8. The van der Waals surface area contributed by atoms with E-state index in [2.05, 4.69) is 9.72 Å². The van der Waals surface area contributed by atoms with Crippen molar-refractivity contribution in [3.05, 3.63) is 21.0 Å². The summed E-state index contributed by atoms with van der Waals surface area (Å²) in [6.07, 6.45) is -9.45. The smallest absolute Gasteiger partial charge is 0.404 e. The molecule has 0 aromatic carbocycles. The van der Waals surface area contributed by atoms with Gasteiger partial charge in [0.1, 0.15) is 5.56 Å². The third kappa shape index (κ3) is 3.77. The van der Waals surface area contributed by atoms with E-state index in [0.29, 0.717) is 0 Å². The van der Waals surface area contributed by atoms with Crippen LogP contribution in [-0.2, 0) is 12.1 Å². The molecule has 0 aliphatic carbocycles. The summed E-state index contributed by atoms with van der Waals surface area (Å²) in [6.45, 7) is 0. The van der Waals surface area contributed by atoms with E-state index < -0.39 is 39.0 Å². The number of hydrogen-bond acceptors (Lipinski definition) is 2. The standard InChI is InChI=1S/C8H3ClF6INO/c9-1-4-5(7(10,11)12)6(3(16)2-17-4)18-8(13,14)15/h2H,1H2. The quantitative estimate of drug-likeness (QED) is 0.415. The Morgan fingerprint density at radius 2 is 1.78 bits per heavy atom. The zero-order valence-electron chi connectivity index (χ0n) is 8.16. The van der Waals surface area contributed by atoms with Crippen LogP contribution in [0.25, 0.3) is 0 Å². The fraction of sp³-hybridized carbons (Fsp3) is 0.375. The number of hydrogen-bond donors (Lipinski definition) is 0. The van der Waals surface area contributed by atoms with Gasteiger partial charge in [-0.05, 0) is 22.6 Å². The molecule has 0 saturated carbocycles. The highest BCUT2D eigenvalue weighted by atomic mass is 127. The molecular weight excluding hydrogens is 402 g/mol. The van der Waals surface area contributed by atoms with Gasteiger partial charge in [0.25, 0.3) is 0 Å². The molecule has 0 atom stereocenters. The summed E-state index contributed by atoms with van der Waals surface area (Å²) >= 11 is 6.50. The van der Waals surface area contributed by atoms with E-state index >= 15 is 0 Å². The van der Waals surface area contributed by atoms with Crippen LogP contribution in [0.4, 0.5) is 26.3 Å². The van der Waals surface area contributed by atoms with E-state index in [1.807, 2.05) is 0 Å². The number of rotatable bonds is 2. The van der Waals surface area contributed by atoms with Crippen molar-refractivity contribution < 1.29 is 31.1 Å². The van der Waals surface area contributed by atoms with E-state index in [-0.39, 0.29) is 0 Å². The summed E-state index contributed by atoms with van der Waals surface area (Å²) in [6, 6.07) is 0. The Balaban J connectivity index is 3.46. The van der Waals surface area contributed by atoms with Gasteiger partial charge in [0.15, 0.2) is 5.75 Å². The Morgan fingerprint density at radius 3 is 2.17 bits per heavy atom. The predicted molar refractivity (Wildman–Crippen MR) is 58.2 cm³/mol. The Kier molecular flexibility index (Phi) is 4.57. The van der Waals surface area contributed by atoms with Gasteiger partial charge in [-0.2, -0.15) is 13.2 Å². The lowest BCUT2D eigenvalue weighted by atomic mass is 10.2. The average Bonchev–Trinajstić information content (AvgIpc) is 2.17. The van der Waals surface area contributed by atoms with Gasteiger partial charge in [-0.15, -0.1) is 24.8 Å². The van der Waals surface area contributed by atoms with Crippen molar-refractivity contribution in [2.45, 2.75) is 18.4 Å². The largest absolute Gasteiger partial charge is 0.573 e. The molecule has 10 heteroatoms. The van der Waals surface area contributed by atoms with Crippen LogP contribution >= 0.6 is 34.2 Å². The number of nitrogens with zero attached hydrogens (tertiary/aromatic N) is 1. The molecule has 0 spiro atoms. The van der Waals surface area contributed by atoms with Crippen molar-refractivity contribution >= 4 is 34.2 Å². The van der Waals surface area contributed by atoms with Crippen LogP contribution in [0.5, 0.6) is 5.75 Å². The van der Waals surface area contributed by atoms with Gasteiger partial charge in [0, 0.05) is 6.20 Å². The molecule has 1 aromatic rings. The second-order valence-electron chi connectivity index (χ2n) is 2.94. The van der Waals surface area contributed by atoms with E-state index in [0.717, 1.165) is 6.20 Å². The maximum Gasteiger partial charge on any atom is 0.573 e. The second kappa shape index (κ2) is 5.27. The van der Waals surface area contributed by atoms with E-state index in [4.69, 9.17) is 11.6 Å². The highest BCUT2D eigenvalue weighted by molar-refractivity contribution is 14.1. The third-order valence-electron chi connectivity index (χ3n) is 1.69. The summed E-state index contributed by atoms with van der Waals surface area (Å²) < 4.78 is 77.3. The summed E-state index contributed by atoms with van der Waals surface area (Å²) in [5.41, 5.74) is -2.33. The van der Waals surface area contributed by atoms with Crippen LogP contribution in [0, 0.1) is 3.57 Å². The van der Waals surface area contributed by atoms with E-state index in [1.54, 1.807) is 0 Å². The topological polar surface area (TPSA) is 22.1 Å². The maximum absolute atomic E-state index is 12.7. The lowest BCUT2D eigenvalue weighted by Gasteiger charge is -2.18. The second-order valence-corrected chi connectivity index (χ2v) is 4.37. The molecule has 18 heavy (non-hydrogen) atoms. The zero-order valence-corrected chi connectivity index (χ0v) is 11.1. The van der Waals surface area contributed by atoms with Crippen molar-refractivity contribution in [2.24, 2.45) is 0 Å². The molecule has 0 aliphatic heterocycles. The Labute approximate surface area is 115 Å². The summed E-state index contributed by atoms with van der Waals surface area (Å²) in [4.78, 5) is 3.35. The van der Waals surface area contributed by atoms with Crippen molar-refractivity contribution in [1.82, 2.24) is 4.98 Å². The first-order valence-corrected chi connectivity index (χ1v) is 5.74. The van der Waals surface area contributed by atoms with Gasteiger partial charge in [-0.25, -0.2) is 0 Å². The van der Waals surface area contributed by atoms with Gasteiger partial charge in [0.2, 0.25) is 0 Å².